The second-order valence-corrected chi connectivity index (χ2v) is 3.18. The molecule has 0 atom stereocenters. The van der Waals surface area contributed by atoms with Crippen molar-refractivity contribution in [3.05, 3.63) is 29.3 Å². The lowest BCUT2D eigenvalue weighted by molar-refractivity contribution is 0.0597. The van der Waals surface area contributed by atoms with Crippen molar-refractivity contribution in [2.45, 2.75) is 0 Å². The molecule has 0 aliphatic rings. The molecule has 0 fully saturated rings. The molecule has 5 heteroatoms. The minimum absolute atomic E-state index is 0.00977. The molecule has 5 nitrogen and oxygen atoms in total. The van der Waals surface area contributed by atoms with Gasteiger partial charge in [-0.15, -0.1) is 0 Å². The van der Waals surface area contributed by atoms with Crippen LogP contribution in [0, 0.1) is 0 Å². The van der Waals surface area contributed by atoms with Gasteiger partial charge in [-0.1, -0.05) is 0 Å². The van der Waals surface area contributed by atoms with Gasteiger partial charge in [0.25, 0.3) is 0 Å². The van der Waals surface area contributed by atoms with E-state index in [2.05, 4.69) is 10.1 Å². The second-order valence-electron chi connectivity index (χ2n) is 3.18. The van der Waals surface area contributed by atoms with E-state index in [0.717, 1.165) is 0 Å². The molecule has 86 valence electrons. The molecule has 0 bridgehead atoms. The van der Waals surface area contributed by atoms with E-state index in [1.54, 1.807) is 7.05 Å². The van der Waals surface area contributed by atoms with Gasteiger partial charge in [0, 0.05) is 5.56 Å². The zero-order valence-corrected chi connectivity index (χ0v) is 9.11. The Morgan fingerprint density at radius 1 is 1.44 bits per heavy atom. The number of ketones is 1. The van der Waals surface area contributed by atoms with E-state index >= 15 is 0 Å². The Labute approximate surface area is 93.0 Å². The molecule has 0 aliphatic carbocycles. The average Bonchev–Trinajstić information content (AvgIpc) is 2.29. The van der Waals surface area contributed by atoms with Crippen molar-refractivity contribution in [1.82, 2.24) is 5.32 Å². The number of carbonyl (C=O) groups is 2. The van der Waals surface area contributed by atoms with Crippen molar-refractivity contribution in [3.63, 3.8) is 0 Å². The molecule has 0 spiro atoms. The summed E-state index contributed by atoms with van der Waals surface area (Å²) in [5.74, 6) is -1.03. The number of Topliss-reactive ketones (excluding diaryl/α,β-unsaturated/α-hetero) is 1. The standard InChI is InChI=1S/C11H13NO4/c1-12-6-10(14)7-3-4-9(13)8(5-7)11(15)16-2/h3-5,12-13H,6H2,1-2H3. The number of rotatable bonds is 4. The number of methoxy groups -OCH3 is 1. The van der Waals surface area contributed by atoms with Gasteiger partial charge in [-0.05, 0) is 25.2 Å². The van der Waals surface area contributed by atoms with Crippen LogP contribution in [0.5, 0.6) is 5.75 Å². The molecule has 0 heterocycles. The summed E-state index contributed by atoms with van der Waals surface area (Å²) in [4.78, 5) is 22.8. The van der Waals surface area contributed by atoms with E-state index in [1.807, 2.05) is 0 Å². The van der Waals surface area contributed by atoms with E-state index < -0.39 is 5.97 Å². The number of phenolic OH excluding ortho intramolecular Hbond substituents is 1. The van der Waals surface area contributed by atoms with Crippen LogP contribution in [-0.2, 0) is 4.74 Å². The number of phenols is 1. The molecule has 0 aromatic heterocycles. The smallest absolute Gasteiger partial charge is 0.341 e. The molecule has 0 saturated heterocycles. The molecule has 1 aromatic rings. The Morgan fingerprint density at radius 3 is 2.69 bits per heavy atom. The van der Waals surface area contributed by atoms with Crippen molar-refractivity contribution in [1.29, 1.82) is 0 Å². The fourth-order valence-electron chi connectivity index (χ4n) is 1.25. The lowest BCUT2D eigenvalue weighted by Gasteiger charge is -2.05. The Kier molecular flexibility index (Phi) is 4.02. The summed E-state index contributed by atoms with van der Waals surface area (Å²) >= 11 is 0. The number of hydrogen-bond donors (Lipinski definition) is 2. The predicted octanol–water partition coefficient (Wildman–Crippen LogP) is 0.581. The maximum atomic E-state index is 11.5. The number of esters is 1. The van der Waals surface area contributed by atoms with E-state index in [9.17, 15) is 14.7 Å². The zero-order valence-electron chi connectivity index (χ0n) is 9.11. The van der Waals surface area contributed by atoms with Crippen LogP contribution in [-0.4, -0.2) is 37.6 Å². The first-order chi connectivity index (χ1) is 7.60. The fraction of sp³-hybridized carbons (Fsp3) is 0.273. The summed E-state index contributed by atoms with van der Waals surface area (Å²) in [5.41, 5.74) is 0.344. The van der Waals surface area contributed by atoms with Gasteiger partial charge < -0.3 is 15.2 Å². The van der Waals surface area contributed by atoms with Gasteiger partial charge in [0.15, 0.2) is 5.78 Å². The van der Waals surface area contributed by atoms with Crippen molar-refractivity contribution in [2.24, 2.45) is 0 Å². The number of benzene rings is 1. The largest absolute Gasteiger partial charge is 0.507 e. The molecule has 0 amide bonds. The lowest BCUT2D eigenvalue weighted by atomic mass is 10.1. The van der Waals surface area contributed by atoms with Crippen LogP contribution in [0.3, 0.4) is 0 Å². The molecule has 16 heavy (non-hydrogen) atoms. The highest BCUT2D eigenvalue weighted by molar-refractivity contribution is 6.01. The molecule has 2 N–H and O–H groups in total. The van der Waals surface area contributed by atoms with E-state index in [-0.39, 0.29) is 23.6 Å². The average molecular weight is 223 g/mol. The first-order valence-corrected chi connectivity index (χ1v) is 4.69. The van der Waals surface area contributed by atoms with Crippen LogP contribution in [0.1, 0.15) is 20.7 Å². The highest BCUT2D eigenvalue weighted by Crippen LogP contribution is 2.19. The summed E-state index contributed by atoms with van der Waals surface area (Å²) in [6.07, 6.45) is 0. The molecule has 1 aromatic carbocycles. The summed E-state index contributed by atoms with van der Waals surface area (Å²) in [6, 6.07) is 4.08. The Balaban J connectivity index is 3.07. The van der Waals surface area contributed by atoms with E-state index in [1.165, 1.54) is 25.3 Å². The van der Waals surface area contributed by atoms with Crippen molar-refractivity contribution in [3.8, 4) is 5.75 Å². The normalized spacial score (nSPS) is 9.88. The van der Waals surface area contributed by atoms with E-state index in [0.29, 0.717) is 5.56 Å². The molecule has 0 radical (unpaired) electrons. The van der Waals surface area contributed by atoms with Gasteiger partial charge in [-0.2, -0.15) is 0 Å². The number of hydrogen-bond acceptors (Lipinski definition) is 5. The fourth-order valence-corrected chi connectivity index (χ4v) is 1.25. The molecule has 0 aliphatic heterocycles. The van der Waals surface area contributed by atoms with Gasteiger partial charge in [0.05, 0.1) is 13.7 Å². The number of likely N-dealkylation sites (N-methyl/N-ethyl adjacent to an activating group) is 1. The summed E-state index contributed by atoms with van der Waals surface area (Å²) in [7, 11) is 2.86. The minimum Gasteiger partial charge on any atom is -0.507 e. The maximum absolute atomic E-state index is 11.5. The number of ether oxygens (including phenoxy) is 1. The molecular weight excluding hydrogens is 210 g/mol. The third-order valence-electron chi connectivity index (χ3n) is 2.06. The predicted molar refractivity (Wildman–Crippen MR) is 57.7 cm³/mol. The molecule has 1 rings (SSSR count). The van der Waals surface area contributed by atoms with Crippen LogP contribution >= 0.6 is 0 Å². The van der Waals surface area contributed by atoms with Crippen LogP contribution < -0.4 is 5.32 Å². The third-order valence-corrected chi connectivity index (χ3v) is 2.06. The van der Waals surface area contributed by atoms with Crippen molar-refractivity contribution in [2.75, 3.05) is 20.7 Å². The SMILES string of the molecule is CNCC(=O)c1ccc(O)c(C(=O)OC)c1. The first kappa shape index (κ1) is 12.2. The Hall–Kier alpha value is -1.88. The van der Waals surface area contributed by atoms with Gasteiger partial charge in [0.1, 0.15) is 11.3 Å². The number of aromatic hydroxyl groups is 1. The van der Waals surface area contributed by atoms with Crippen molar-refractivity contribution >= 4 is 11.8 Å². The molecular formula is C11H13NO4. The van der Waals surface area contributed by atoms with Crippen LogP contribution in [0.2, 0.25) is 0 Å². The third kappa shape index (κ3) is 2.58. The highest BCUT2D eigenvalue weighted by atomic mass is 16.5. The van der Waals surface area contributed by atoms with E-state index in [4.69, 9.17) is 0 Å². The highest BCUT2D eigenvalue weighted by Gasteiger charge is 2.14. The summed E-state index contributed by atoms with van der Waals surface area (Å²) < 4.78 is 4.49. The van der Waals surface area contributed by atoms with Gasteiger partial charge in [-0.25, -0.2) is 4.79 Å². The maximum Gasteiger partial charge on any atom is 0.341 e. The van der Waals surface area contributed by atoms with Crippen LogP contribution in [0.25, 0.3) is 0 Å². The first-order valence-electron chi connectivity index (χ1n) is 4.69. The topological polar surface area (TPSA) is 75.6 Å². The van der Waals surface area contributed by atoms with Crippen molar-refractivity contribution < 1.29 is 19.4 Å². The lowest BCUT2D eigenvalue weighted by Crippen LogP contribution is -2.18. The van der Waals surface area contributed by atoms with Gasteiger partial charge in [-0.3, -0.25) is 4.79 Å². The molecule has 0 unspecified atom stereocenters. The Morgan fingerprint density at radius 2 is 2.12 bits per heavy atom. The quantitative estimate of drug-likeness (QED) is 0.577. The van der Waals surface area contributed by atoms with Crippen LogP contribution in [0.4, 0.5) is 0 Å². The monoisotopic (exact) mass is 223 g/mol. The second kappa shape index (κ2) is 5.27. The van der Waals surface area contributed by atoms with Crippen LogP contribution in [0.15, 0.2) is 18.2 Å². The summed E-state index contributed by atoms with van der Waals surface area (Å²) in [6.45, 7) is 0.172. The number of nitrogens with one attached hydrogen (secondary N) is 1. The minimum atomic E-state index is -0.670. The molecule has 0 saturated carbocycles. The van der Waals surface area contributed by atoms with Gasteiger partial charge >= 0.3 is 5.97 Å². The number of carbonyl (C=O) groups excluding carboxylic acids is 2. The Bertz CT molecular complexity index is 414. The zero-order chi connectivity index (χ0) is 12.1. The van der Waals surface area contributed by atoms with Gasteiger partial charge in [0.2, 0.25) is 0 Å². The summed E-state index contributed by atoms with van der Waals surface area (Å²) in [5, 5.41) is 12.1.